The summed E-state index contributed by atoms with van der Waals surface area (Å²) in [5.74, 6) is -0.443. The smallest absolute Gasteiger partial charge is 0.185 e. The fraction of sp³-hybridized carbons (Fsp3) is 0.217. The van der Waals surface area contributed by atoms with Crippen LogP contribution in [0.1, 0.15) is 11.6 Å². The highest BCUT2D eigenvalue weighted by molar-refractivity contribution is 7.93. The maximum absolute atomic E-state index is 13.7. The van der Waals surface area contributed by atoms with E-state index in [1.807, 2.05) is 30.3 Å². The average molecular weight is 458 g/mol. The molecule has 1 saturated heterocycles. The van der Waals surface area contributed by atoms with E-state index in [-0.39, 0.29) is 9.79 Å². The number of hydrogen-bond donors (Lipinski definition) is 0. The molecule has 1 heterocycles. The summed E-state index contributed by atoms with van der Waals surface area (Å²) in [6, 6.07) is 24.6. The van der Waals surface area contributed by atoms with Gasteiger partial charge in [-0.3, -0.25) is 4.84 Å². The van der Waals surface area contributed by atoms with Crippen LogP contribution in [0.4, 0.5) is 0 Å². The van der Waals surface area contributed by atoms with Gasteiger partial charge in [0.05, 0.1) is 21.6 Å². The Labute approximate surface area is 182 Å². The number of nitrogens with zero attached hydrogens (tertiary/aromatic N) is 1. The van der Waals surface area contributed by atoms with Gasteiger partial charge in [0.2, 0.25) is 0 Å². The molecule has 6 nitrogen and oxygen atoms in total. The molecule has 1 fully saturated rings. The molecule has 0 N–H and O–H groups in total. The summed E-state index contributed by atoms with van der Waals surface area (Å²) < 4.78 is 53.5. The monoisotopic (exact) mass is 457 g/mol. The molecule has 3 aromatic rings. The van der Waals surface area contributed by atoms with Crippen LogP contribution in [0.5, 0.6) is 0 Å². The van der Waals surface area contributed by atoms with E-state index in [0.717, 1.165) is 5.56 Å². The van der Waals surface area contributed by atoms with Crippen LogP contribution < -0.4 is 0 Å². The van der Waals surface area contributed by atoms with Crippen LogP contribution in [-0.4, -0.2) is 46.1 Å². The van der Waals surface area contributed by atoms with Crippen molar-refractivity contribution in [3.8, 4) is 0 Å². The molecular formula is C23H23NO5S2. The van der Waals surface area contributed by atoms with E-state index in [4.69, 9.17) is 4.84 Å². The largest absolute Gasteiger partial charge is 0.293 e. The maximum Gasteiger partial charge on any atom is 0.185 e. The van der Waals surface area contributed by atoms with Crippen LogP contribution in [0.3, 0.4) is 0 Å². The summed E-state index contributed by atoms with van der Waals surface area (Å²) in [5, 5.41) is 0.367. The van der Waals surface area contributed by atoms with E-state index in [1.165, 1.54) is 29.3 Å². The first kappa shape index (κ1) is 21.7. The van der Waals surface area contributed by atoms with Crippen LogP contribution in [0.15, 0.2) is 101 Å². The minimum Gasteiger partial charge on any atom is -0.293 e. The first-order valence-electron chi connectivity index (χ1n) is 9.82. The first-order valence-corrected chi connectivity index (χ1v) is 13.0. The molecule has 31 heavy (non-hydrogen) atoms. The quantitative estimate of drug-likeness (QED) is 0.565. The lowest BCUT2D eigenvalue weighted by Crippen LogP contribution is -2.38. The fourth-order valence-electron chi connectivity index (χ4n) is 4.00. The highest BCUT2D eigenvalue weighted by atomic mass is 32.2. The van der Waals surface area contributed by atoms with Crippen molar-refractivity contribution in [2.45, 2.75) is 27.2 Å². The molecule has 3 aromatic carbocycles. The molecule has 0 radical (unpaired) electrons. The fourth-order valence-corrected chi connectivity index (χ4v) is 7.65. The van der Waals surface area contributed by atoms with Gasteiger partial charge in [-0.1, -0.05) is 66.7 Å². The molecule has 3 unspecified atom stereocenters. The zero-order valence-electron chi connectivity index (χ0n) is 16.9. The van der Waals surface area contributed by atoms with Gasteiger partial charge in [-0.25, -0.2) is 16.8 Å². The van der Waals surface area contributed by atoms with E-state index in [1.54, 1.807) is 43.4 Å². The van der Waals surface area contributed by atoms with E-state index >= 15 is 0 Å². The van der Waals surface area contributed by atoms with Crippen molar-refractivity contribution in [2.24, 2.45) is 0 Å². The minimum atomic E-state index is -3.90. The Kier molecular flexibility index (Phi) is 5.98. The molecule has 1 aliphatic heterocycles. The van der Waals surface area contributed by atoms with Crippen LogP contribution in [-0.2, 0) is 24.5 Å². The molecule has 0 aliphatic carbocycles. The Bertz CT molecular complexity index is 1230. The first-order chi connectivity index (χ1) is 14.8. The number of hydrogen-bond acceptors (Lipinski definition) is 6. The lowest BCUT2D eigenvalue weighted by atomic mass is 10.0. The molecule has 0 spiro atoms. The Hall–Kier alpha value is -2.52. The third-order valence-electron chi connectivity index (χ3n) is 5.43. The van der Waals surface area contributed by atoms with Gasteiger partial charge in [0.15, 0.2) is 19.7 Å². The van der Waals surface area contributed by atoms with Crippen molar-refractivity contribution in [1.29, 1.82) is 0 Å². The Morgan fingerprint density at radius 1 is 0.742 bits per heavy atom. The van der Waals surface area contributed by atoms with Crippen molar-refractivity contribution >= 4 is 19.7 Å². The molecule has 3 atom stereocenters. The molecule has 8 heteroatoms. The molecule has 0 saturated carbocycles. The van der Waals surface area contributed by atoms with E-state index in [0.29, 0.717) is 0 Å². The lowest BCUT2D eigenvalue weighted by Gasteiger charge is -2.24. The summed E-state index contributed by atoms with van der Waals surface area (Å²) >= 11 is 0. The third-order valence-corrected chi connectivity index (χ3v) is 9.39. The summed E-state index contributed by atoms with van der Waals surface area (Å²) in [6.07, 6.45) is -1.06. The SMILES string of the molecule is CN1OC(CS(=O)(=O)c2ccccc2)C(S(=O)(=O)c2ccccc2)C1c1ccccc1. The standard InChI is InChI=1S/C23H23NO5S2/c1-24-22(18-11-5-2-6-12-18)23(31(27,28)20-15-9-4-10-16-20)21(29-24)17-30(25,26)19-13-7-3-8-14-19/h2-16,21-23H,17H2,1H3. The second-order valence-corrected chi connectivity index (χ2v) is 11.6. The lowest BCUT2D eigenvalue weighted by molar-refractivity contribution is -0.137. The minimum absolute atomic E-state index is 0.139. The predicted molar refractivity (Wildman–Crippen MR) is 118 cm³/mol. The van der Waals surface area contributed by atoms with Gasteiger partial charge in [-0.05, 0) is 29.8 Å². The van der Waals surface area contributed by atoms with E-state index in [2.05, 4.69) is 0 Å². The average Bonchev–Trinajstić information content (AvgIpc) is 3.11. The summed E-state index contributed by atoms with van der Waals surface area (Å²) in [5.41, 5.74) is 0.745. The normalized spacial score (nSPS) is 22.4. The second kappa shape index (κ2) is 8.55. The number of hydroxylamine groups is 2. The Morgan fingerprint density at radius 3 is 1.77 bits per heavy atom. The van der Waals surface area contributed by atoms with Crippen molar-refractivity contribution in [1.82, 2.24) is 5.06 Å². The van der Waals surface area contributed by atoms with Crippen LogP contribution in [0.25, 0.3) is 0 Å². The molecule has 1 aliphatic rings. The van der Waals surface area contributed by atoms with Crippen molar-refractivity contribution in [3.05, 3.63) is 96.6 Å². The van der Waals surface area contributed by atoms with Crippen LogP contribution >= 0.6 is 0 Å². The van der Waals surface area contributed by atoms with Crippen LogP contribution in [0.2, 0.25) is 0 Å². The highest BCUT2D eigenvalue weighted by Crippen LogP contribution is 2.40. The second-order valence-electron chi connectivity index (χ2n) is 7.46. The van der Waals surface area contributed by atoms with Gasteiger partial charge in [0.1, 0.15) is 11.4 Å². The number of benzene rings is 3. The van der Waals surface area contributed by atoms with Crippen molar-refractivity contribution in [3.63, 3.8) is 0 Å². The van der Waals surface area contributed by atoms with Gasteiger partial charge >= 0.3 is 0 Å². The molecule has 0 amide bonds. The molecule has 162 valence electrons. The van der Waals surface area contributed by atoms with Gasteiger partial charge in [0.25, 0.3) is 0 Å². The summed E-state index contributed by atoms with van der Waals surface area (Å²) in [7, 11) is -6.03. The zero-order valence-corrected chi connectivity index (χ0v) is 18.5. The topological polar surface area (TPSA) is 80.8 Å². The van der Waals surface area contributed by atoms with Crippen LogP contribution in [0, 0.1) is 0 Å². The van der Waals surface area contributed by atoms with Crippen molar-refractivity contribution < 1.29 is 21.7 Å². The van der Waals surface area contributed by atoms with Gasteiger partial charge in [-0.15, -0.1) is 0 Å². The highest BCUT2D eigenvalue weighted by Gasteiger charge is 2.51. The Balaban J connectivity index is 1.79. The third kappa shape index (κ3) is 4.29. The molecule has 0 bridgehead atoms. The molecular weight excluding hydrogens is 434 g/mol. The zero-order chi connectivity index (χ0) is 22.1. The summed E-state index contributed by atoms with van der Waals surface area (Å²) in [6.45, 7) is 0. The number of rotatable bonds is 6. The van der Waals surface area contributed by atoms with E-state index < -0.39 is 42.8 Å². The predicted octanol–water partition coefficient (Wildman–Crippen LogP) is 3.29. The number of sulfone groups is 2. The summed E-state index contributed by atoms with van der Waals surface area (Å²) in [4.78, 5) is 6.16. The van der Waals surface area contributed by atoms with Gasteiger partial charge in [0, 0.05) is 7.05 Å². The van der Waals surface area contributed by atoms with E-state index in [9.17, 15) is 16.8 Å². The van der Waals surface area contributed by atoms with Crippen molar-refractivity contribution in [2.75, 3.05) is 12.8 Å². The Morgan fingerprint density at radius 2 is 1.23 bits per heavy atom. The molecule has 0 aromatic heterocycles. The maximum atomic E-state index is 13.7. The van der Waals surface area contributed by atoms with Gasteiger partial charge in [-0.2, -0.15) is 5.06 Å². The molecule has 4 rings (SSSR count). The van der Waals surface area contributed by atoms with Gasteiger partial charge < -0.3 is 0 Å².